The summed E-state index contributed by atoms with van der Waals surface area (Å²) in [5, 5.41) is 3.37. The van der Waals surface area contributed by atoms with Gasteiger partial charge in [-0.3, -0.25) is 4.98 Å². The first-order valence-corrected chi connectivity index (χ1v) is 6.91. The number of rotatable bonds is 5. The highest BCUT2D eigenvalue weighted by Crippen LogP contribution is 2.21. The Balaban J connectivity index is 2.66. The first-order chi connectivity index (χ1) is 7.63. The van der Waals surface area contributed by atoms with Crippen molar-refractivity contribution in [3.63, 3.8) is 0 Å². The van der Waals surface area contributed by atoms with E-state index in [1.54, 1.807) is 0 Å². The minimum Gasteiger partial charge on any atom is -0.313 e. The molecular weight excluding hydrogens is 332 g/mol. The smallest absolute Gasteiger partial charge is 0.0772 e. The van der Waals surface area contributed by atoms with Crippen molar-refractivity contribution in [2.45, 2.75) is 20.3 Å². The van der Waals surface area contributed by atoms with Gasteiger partial charge in [-0.15, -0.1) is 0 Å². The lowest BCUT2D eigenvalue weighted by molar-refractivity contribution is 0.715. The van der Waals surface area contributed by atoms with Gasteiger partial charge in [0.25, 0.3) is 0 Å². The SMILES string of the molecule is CCCNCC(C)=Cc1ncc(Br)cc1Br. The van der Waals surface area contributed by atoms with Crippen molar-refractivity contribution in [1.29, 1.82) is 0 Å². The molecule has 0 unspecified atom stereocenters. The van der Waals surface area contributed by atoms with Crippen LogP contribution in [0.1, 0.15) is 26.0 Å². The van der Waals surface area contributed by atoms with Crippen molar-refractivity contribution in [2.24, 2.45) is 0 Å². The molecule has 0 fully saturated rings. The standard InChI is InChI=1S/C12H16Br2N2/c1-3-4-15-7-9(2)5-12-11(14)6-10(13)8-16-12/h5-6,8,15H,3-4,7H2,1-2H3. The zero-order chi connectivity index (χ0) is 12.0. The van der Waals surface area contributed by atoms with E-state index in [-0.39, 0.29) is 0 Å². The normalized spacial score (nSPS) is 11.9. The quantitative estimate of drug-likeness (QED) is 0.814. The van der Waals surface area contributed by atoms with Crippen LogP contribution < -0.4 is 5.32 Å². The van der Waals surface area contributed by atoms with Gasteiger partial charge in [0, 0.05) is 21.7 Å². The van der Waals surface area contributed by atoms with Crippen LogP contribution in [-0.2, 0) is 0 Å². The third-order valence-electron chi connectivity index (χ3n) is 2.05. The summed E-state index contributed by atoms with van der Waals surface area (Å²) >= 11 is 6.89. The maximum atomic E-state index is 4.35. The number of aromatic nitrogens is 1. The van der Waals surface area contributed by atoms with Crippen LogP contribution in [0.15, 0.2) is 26.8 Å². The van der Waals surface area contributed by atoms with Crippen molar-refractivity contribution in [2.75, 3.05) is 13.1 Å². The Morgan fingerprint density at radius 3 is 2.88 bits per heavy atom. The molecule has 0 bridgehead atoms. The Kier molecular flexibility index (Phi) is 6.24. The van der Waals surface area contributed by atoms with Crippen LogP contribution in [0.5, 0.6) is 0 Å². The van der Waals surface area contributed by atoms with E-state index in [9.17, 15) is 0 Å². The molecular formula is C12H16Br2N2. The molecule has 0 atom stereocenters. The fraction of sp³-hybridized carbons (Fsp3) is 0.417. The predicted molar refractivity (Wildman–Crippen MR) is 76.4 cm³/mol. The van der Waals surface area contributed by atoms with Gasteiger partial charge in [-0.1, -0.05) is 12.5 Å². The zero-order valence-corrected chi connectivity index (χ0v) is 12.7. The molecule has 1 aromatic heterocycles. The summed E-state index contributed by atoms with van der Waals surface area (Å²) < 4.78 is 2.00. The van der Waals surface area contributed by atoms with Crippen molar-refractivity contribution in [3.8, 4) is 0 Å². The first-order valence-electron chi connectivity index (χ1n) is 5.32. The second-order valence-electron chi connectivity index (χ2n) is 3.69. The fourth-order valence-corrected chi connectivity index (χ4v) is 2.38. The number of hydrogen-bond acceptors (Lipinski definition) is 2. The lowest BCUT2D eigenvalue weighted by Gasteiger charge is -2.04. The molecule has 0 aliphatic carbocycles. The van der Waals surface area contributed by atoms with E-state index in [0.29, 0.717) is 0 Å². The summed E-state index contributed by atoms with van der Waals surface area (Å²) in [5.74, 6) is 0. The molecule has 0 radical (unpaired) electrons. The van der Waals surface area contributed by atoms with Crippen LogP contribution in [0.4, 0.5) is 0 Å². The van der Waals surface area contributed by atoms with E-state index in [4.69, 9.17) is 0 Å². The summed E-state index contributed by atoms with van der Waals surface area (Å²) in [6, 6.07) is 2.01. The number of nitrogens with zero attached hydrogens (tertiary/aromatic N) is 1. The minimum atomic E-state index is 0.915. The Morgan fingerprint density at radius 1 is 1.50 bits per heavy atom. The average molecular weight is 348 g/mol. The fourth-order valence-electron chi connectivity index (χ4n) is 1.28. The Bertz CT molecular complexity index is 375. The lowest BCUT2D eigenvalue weighted by atomic mass is 10.2. The van der Waals surface area contributed by atoms with Crippen molar-refractivity contribution >= 4 is 37.9 Å². The molecule has 0 spiro atoms. The second kappa shape index (κ2) is 7.20. The summed E-state index contributed by atoms with van der Waals surface area (Å²) in [5.41, 5.74) is 2.25. The van der Waals surface area contributed by atoms with Crippen molar-refractivity contribution in [1.82, 2.24) is 10.3 Å². The summed E-state index contributed by atoms with van der Waals surface area (Å²) in [6.45, 7) is 6.25. The highest BCUT2D eigenvalue weighted by atomic mass is 79.9. The van der Waals surface area contributed by atoms with E-state index >= 15 is 0 Å². The van der Waals surface area contributed by atoms with Gasteiger partial charge in [0.15, 0.2) is 0 Å². The van der Waals surface area contributed by atoms with E-state index in [0.717, 1.165) is 34.1 Å². The van der Waals surface area contributed by atoms with Crippen LogP contribution in [0.2, 0.25) is 0 Å². The van der Waals surface area contributed by atoms with Crippen LogP contribution in [0.3, 0.4) is 0 Å². The van der Waals surface area contributed by atoms with Crippen LogP contribution >= 0.6 is 31.9 Å². The monoisotopic (exact) mass is 346 g/mol. The molecule has 2 nitrogen and oxygen atoms in total. The van der Waals surface area contributed by atoms with E-state index in [2.05, 4.69) is 62.1 Å². The van der Waals surface area contributed by atoms with Gasteiger partial charge in [-0.2, -0.15) is 0 Å². The predicted octanol–water partition coefficient (Wildman–Crippen LogP) is 4.01. The molecule has 16 heavy (non-hydrogen) atoms. The molecule has 0 saturated carbocycles. The van der Waals surface area contributed by atoms with E-state index in [1.807, 2.05) is 12.3 Å². The van der Waals surface area contributed by atoms with E-state index < -0.39 is 0 Å². The molecule has 0 aliphatic rings. The van der Waals surface area contributed by atoms with Crippen molar-refractivity contribution in [3.05, 3.63) is 32.5 Å². The van der Waals surface area contributed by atoms with Crippen LogP contribution in [0, 0.1) is 0 Å². The van der Waals surface area contributed by atoms with E-state index in [1.165, 1.54) is 5.57 Å². The molecule has 4 heteroatoms. The molecule has 88 valence electrons. The lowest BCUT2D eigenvalue weighted by Crippen LogP contribution is -2.16. The number of pyridine rings is 1. The van der Waals surface area contributed by atoms with Gasteiger partial charge in [0.1, 0.15) is 0 Å². The molecule has 1 heterocycles. The number of halogens is 2. The van der Waals surface area contributed by atoms with Gasteiger partial charge in [-0.05, 0) is 63.9 Å². The Labute approximate surface area is 114 Å². The number of hydrogen-bond donors (Lipinski definition) is 1. The Hall–Kier alpha value is -0.190. The molecule has 1 aromatic rings. The summed E-state index contributed by atoms with van der Waals surface area (Å²) in [7, 11) is 0. The Morgan fingerprint density at radius 2 is 2.25 bits per heavy atom. The van der Waals surface area contributed by atoms with Crippen LogP contribution in [-0.4, -0.2) is 18.1 Å². The topological polar surface area (TPSA) is 24.9 Å². The summed E-state index contributed by atoms with van der Waals surface area (Å²) in [6.07, 6.45) is 5.07. The molecule has 1 N–H and O–H groups in total. The average Bonchev–Trinajstić information content (AvgIpc) is 2.23. The first kappa shape index (κ1) is 13.9. The maximum Gasteiger partial charge on any atom is 0.0772 e. The molecule has 0 aromatic carbocycles. The van der Waals surface area contributed by atoms with Gasteiger partial charge >= 0.3 is 0 Å². The largest absolute Gasteiger partial charge is 0.313 e. The molecule has 0 aliphatic heterocycles. The zero-order valence-electron chi connectivity index (χ0n) is 9.56. The maximum absolute atomic E-state index is 4.35. The van der Waals surface area contributed by atoms with Gasteiger partial charge < -0.3 is 5.32 Å². The molecule has 0 saturated heterocycles. The van der Waals surface area contributed by atoms with Gasteiger partial charge in [0.05, 0.1) is 5.69 Å². The highest BCUT2D eigenvalue weighted by Gasteiger charge is 2.00. The van der Waals surface area contributed by atoms with Crippen molar-refractivity contribution < 1.29 is 0 Å². The molecule has 1 rings (SSSR count). The van der Waals surface area contributed by atoms with Gasteiger partial charge in [0.2, 0.25) is 0 Å². The van der Waals surface area contributed by atoms with Gasteiger partial charge in [-0.25, -0.2) is 0 Å². The third kappa shape index (κ3) is 4.76. The summed E-state index contributed by atoms with van der Waals surface area (Å²) in [4.78, 5) is 4.35. The highest BCUT2D eigenvalue weighted by molar-refractivity contribution is 9.11. The third-order valence-corrected chi connectivity index (χ3v) is 3.12. The molecule has 0 amide bonds. The second-order valence-corrected chi connectivity index (χ2v) is 5.46. The van der Waals surface area contributed by atoms with Crippen LogP contribution in [0.25, 0.3) is 6.08 Å². The minimum absolute atomic E-state index is 0.915. The number of nitrogens with one attached hydrogen (secondary N) is 1.